The van der Waals surface area contributed by atoms with E-state index in [4.69, 9.17) is 13.9 Å². The number of nitrogens with zero attached hydrogens (tertiary/aromatic N) is 1. The fourth-order valence-corrected chi connectivity index (χ4v) is 3.94. The van der Waals surface area contributed by atoms with E-state index in [0.29, 0.717) is 0 Å². The molecule has 0 aromatic carbocycles. The van der Waals surface area contributed by atoms with Crippen molar-refractivity contribution in [2.24, 2.45) is 0 Å². The number of aromatic amines is 1. The average molecular weight is 372 g/mol. The van der Waals surface area contributed by atoms with E-state index < -0.39 is 44.1 Å². The Balaban J connectivity index is 2.38. The lowest BCUT2D eigenvalue weighted by molar-refractivity contribution is -0.0625. The van der Waals surface area contributed by atoms with Crippen LogP contribution in [0.25, 0.3) is 0 Å². The van der Waals surface area contributed by atoms with Gasteiger partial charge in [0.15, 0.2) is 14.5 Å². The molecule has 4 atom stereocenters. The number of methoxy groups -OCH3 is 1. The van der Waals surface area contributed by atoms with Gasteiger partial charge in [-0.3, -0.25) is 14.3 Å². The molecule has 2 heterocycles. The van der Waals surface area contributed by atoms with Gasteiger partial charge in [0, 0.05) is 19.4 Å². The molecule has 0 unspecified atom stereocenters. The number of H-pyrrole nitrogens is 1. The molecule has 0 aliphatic carbocycles. The van der Waals surface area contributed by atoms with Gasteiger partial charge in [-0.05, 0) is 18.1 Å². The van der Waals surface area contributed by atoms with E-state index in [2.05, 4.69) is 38.8 Å². The topological polar surface area (TPSA) is 103 Å². The molecule has 142 valence electrons. The van der Waals surface area contributed by atoms with Crippen molar-refractivity contribution in [1.82, 2.24) is 9.55 Å². The number of rotatable bonds is 5. The first-order valence-electron chi connectivity index (χ1n) is 8.30. The number of aliphatic hydroxyl groups excluding tert-OH is 1. The number of nitrogens with one attached hydrogen (secondary N) is 1. The lowest BCUT2D eigenvalue weighted by Crippen LogP contribution is -2.50. The number of hydrogen-bond donors (Lipinski definition) is 2. The normalized spacial score (nSPS) is 27.6. The second-order valence-corrected chi connectivity index (χ2v) is 12.6. The van der Waals surface area contributed by atoms with Crippen molar-refractivity contribution in [1.29, 1.82) is 0 Å². The third-order valence-corrected chi connectivity index (χ3v) is 9.57. The van der Waals surface area contributed by atoms with Gasteiger partial charge in [0.1, 0.15) is 18.3 Å². The van der Waals surface area contributed by atoms with Crippen molar-refractivity contribution in [3.05, 3.63) is 33.1 Å². The molecule has 2 rings (SSSR count). The van der Waals surface area contributed by atoms with Gasteiger partial charge in [-0.25, -0.2) is 4.79 Å². The molecule has 0 bridgehead atoms. The second kappa shape index (κ2) is 7.16. The SMILES string of the molecule is CO[C@H]1[C@H](O[Si](C)(C)C(C)(C)C)[C@@H](CO)O[C@H]1n1ccc(=O)[nH]c1=O. The third kappa shape index (κ3) is 3.95. The molecule has 0 radical (unpaired) electrons. The Morgan fingerprint density at radius 3 is 2.44 bits per heavy atom. The first-order valence-corrected chi connectivity index (χ1v) is 11.2. The van der Waals surface area contributed by atoms with Gasteiger partial charge in [-0.15, -0.1) is 0 Å². The quantitative estimate of drug-likeness (QED) is 0.742. The lowest BCUT2D eigenvalue weighted by atomic mass is 10.1. The predicted octanol–water partition coefficient (Wildman–Crippen LogP) is 0.832. The highest BCUT2D eigenvalue weighted by Crippen LogP contribution is 2.41. The van der Waals surface area contributed by atoms with Gasteiger partial charge in [0.2, 0.25) is 0 Å². The monoisotopic (exact) mass is 372 g/mol. The molecular weight excluding hydrogens is 344 g/mol. The van der Waals surface area contributed by atoms with Crippen LogP contribution in [0.2, 0.25) is 18.1 Å². The van der Waals surface area contributed by atoms with Crippen LogP contribution in [0.15, 0.2) is 21.9 Å². The summed E-state index contributed by atoms with van der Waals surface area (Å²) in [5.74, 6) is 0. The fraction of sp³-hybridized carbons (Fsp3) is 0.750. The van der Waals surface area contributed by atoms with Gasteiger partial charge >= 0.3 is 5.69 Å². The van der Waals surface area contributed by atoms with E-state index in [1.165, 1.54) is 23.9 Å². The van der Waals surface area contributed by atoms with Crippen molar-refractivity contribution < 1.29 is 19.0 Å². The van der Waals surface area contributed by atoms with Gasteiger partial charge in [0.05, 0.1) is 6.61 Å². The summed E-state index contributed by atoms with van der Waals surface area (Å²) >= 11 is 0. The highest BCUT2D eigenvalue weighted by molar-refractivity contribution is 6.74. The Bertz CT molecular complexity index is 708. The molecule has 2 N–H and O–H groups in total. The van der Waals surface area contributed by atoms with Crippen LogP contribution >= 0.6 is 0 Å². The van der Waals surface area contributed by atoms with Gasteiger partial charge < -0.3 is 19.0 Å². The van der Waals surface area contributed by atoms with Crippen LogP contribution in [0.4, 0.5) is 0 Å². The summed E-state index contributed by atoms with van der Waals surface area (Å²) in [6.07, 6.45) is -1.15. The van der Waals surface area contributed by atoms with E-state index in [9.17, 15) is 14.7 Å². The smallest absolute Gasteiger partial charge is 0.330 e. The predicted molar refractivity (Wildman–Crippen MR) is 95.2 cm³/mol. The minimum Gasteiger partial charge on any atom is -0.408 e. The maximum absolute atomic E-state index is 12.1. The molecule has 1 aliphatic heterocycles. The molecule has 0 spiro atoms. The summed E-state index contributed by atoms with van der Waals surface area (Å²) < 4.78 is 19.1. The Labute approximate surface area is 147 Å². The number of hydrogen-bond acceptors (Lipinski definition) is 6. The summed E-state index contributed by atoms with van der Waals surface area (Å²) in [5.41, 5.74) is -1.08. The lowest BCUT2D eigenvalue weighted by Gasteiger charge is -2.40. The summed E-state index contributed by atoms with van der Waals surface area (Å²) in [6, 6.07) is 1.24. The van der Waals surface area contributed by atoms with Crippen LogP contribution in [0, 0.1) is 0 Å². The summed E-state index contributed by atoms with van der Waals surface area (Å²) in [4.78, 5) is 25.6. The van der Waals surface area contributed by atoms with Crippen molar-refractivity contribution >= 4 is 8.32 Å². The van der Waals surface area contributed by atoms with E-state index in [0.717, 1.165) is 0 Å². The molecule has 1 aromatic rings. The molecule has 1 fully saturated rings. The van der Waals surface area contributed by atoms with Crippen molar-refractivity contribution in [2.45, 2.75) is 63.4 Å². The van der Waals surface area contributed by atoms with E-state index >= 15 is 0 Å². The highest BCUT2D eigenvalue weighted by atomic mass is 28.4. The largest absolute Gasteiger partial charge is 0.408 e. The Morgan fingerprint density at radius 1 is 1.32 bits per heavy atom. The maximum Gasteiger partial charge on any atom is 0.330 e. The Hall–Kier alpha value is -1.26. The summed E-state index contributed by atoms with van der Waals surface area (Å²) in [7, 11) is -0.642. The summed E-state index contributed by atoms with van der Waals surface area (Å²) in [6.45, 7) is 10.3. The van der Waals surface area contributed by atoms with Crippen molar-refractivity contribution in [3.8, 4) is 0 Å². The molecule has 8 nitrogen and oxygen atoms in total. The molecule has 0 amide bonds. The van der Waals surface area contributed by atoms with Crippen LogP contribution in [-0.4, -0.2) is 55.0 Å². The maximum atomic E-state index is 12.1. The molecule has 25 heavy (non-hydrogen) atoms. The van der Waals surface area contributed by atoms with Gasteiger partial charge in [-0.1, -0.05) is 20.8 Å². The van der Waals surface area contributed by atoms with E-state index in [-0.39, 0.29) is 11.6 Å². The zero-order valence-electron chi connectivity index (χ0n) is 15.6. The van der Waals surface area contributed by atoms with Crippen molar-refractivity contribution in [3.63, 3.8) is 0 Å². The van der Waals surface area contributed by atoms with Gasteiger partial charge in [0.25, 0.3) is 5.56 Å². The third-order valence-electron chi connectivity index (χ3n) is 5.10. The van der Waals surface area contributed by atoms with Gasteiger partial charge in [-0.2, -0.15) is 0 Å². The molecule has 1 aliphatic rings. The summed E-state index contributed by atoms with van der Waals surface area (Å²) in [5, 5.41) is 9.71. The minimum atomic E-state index is -2.16. The van der Waals surface area contributed by atoms with E-state index in [1.807, 2.05) is 0 Å². The van der Waals surface area contributed by atoms with Crippen LogP contribution in [-0.2, 0) is 13.9 Å². The number of ether oxygens (including phenoxy) is 2. The molecule has 1 aromatic heterocycles. The van der Waals surface area contributed by atoms with Crippen LogP contribution in [0.5, 0.6) is 0 Å². The molecular formula is C16H28N2O6Si. The van der Waals surface area contributed by atoms with Crippen LogP contribution in [0.1, 0.15) is 27.0 Å². The fourth-order valence-electron chi connectivity index (χ4n) is 2.62. The second-order valence-electron chi connectivity index (χ2n) is 7.81. The highest BCUT2D eigenvalue weighted by Gasteiger charge is 2.51. The molecule has 1 saturated heterocycles. The molecule has 0 saturated carbocycles. The standard InChI is InChI=1S/C16H28N2O6Si/c1-16(2,3)25(5,6)24-12-10(9-19)23-14(13(12)22-4)18-8-7-11(20)17-15(18)21/h7-8,10,12-14,19H,9H2,1-6H3,(H,17,20,21)/t10-,12-,13+,14-/m1/s1. The first-order chi connectivity index (χ1) is 11.5. The zero-order valence-corrected chi connectivity index (χ0v) is 16.6. The van der Waals surface area contributed by atoms with E-state index in [1.54, 1.807) is 0 Å². The van der Waals surface area contributed by atoms with Crippen molar-refractivity contribution in [2.75, 3.05) is 13.7 Å². The van der Waals surface area contributed by atoms with Crippen LogP contribution < -0.4 is 11.2 Å². The Kier molecular flexibility index (Phi) is 5.74. The number of aliphatic hydroxyl groups is 1. The number of aromatic nitrogens is 2. The molecule has 9 heteroatoms. The first kappa shape index (κ1) is 20.1. The Morgan fingerprint density at radius 2 is 1.96 bits per heavy atom. The van der Waals surface area contributed by atoms with Crippen LogP contribution in [0.3, 0.4) is 0 Å². The average Bonchev–Trinajstić information content (AvgIpc) is 2.82. The zero-order chi connectivity index (χ0) is 19.0. The minimum absolute atomic E-state index is 0.0296.